The number of amides is 9. The predicted molar refractivity (Wildman–Crippen MR) is 274 cm³/mol. The van der Waals surface area contributed by atoms with Crippen LogP contribution in [0.4, 0.5) is 0 Å². The number of aromatic hydroxyl groups is 1. The summed E-state index contributed by atoms with van der Waals surface area (Å²) in [6.45, 7) is 6.70. The Hall–Kier alpha value is -8.01. The van der Waals surface area contributed by atoms with Gasteiger partial charge in [0, 0.05) is 31.2 Å². The molecule has 0 aliphatic rings. The van der Waals surface area contributed by atoms with Crippen molar-refractivity contribution in [2.45, 2.75) is 128 Å². The number of aliphatic hydroxyl groups is 3. The smallest absolute Gasteiger partial charge is 0.326 e. The summed E-state index contributed by atoms with van der Waals surface area (Å²) in [5.74, 6) is -10.9. The number of carboxylic acids is 1. The molecule has 10 atom stereocenters. The predicted octanol–water partition coefficient (Wildman–Crippen LogP) is -4.36. The number of nitrogens with two attached hydrogens (primary N) is 1. The number of carboxylic acid groups (broad SMARTS) is 1. The van der Waals surface area contributed by atoms with E-state index in [2.05, 4.69) is 57.8 Å². The van der Waals surface area contributed by atoms with Crippen LogP contribution in [0.15, 0.2) is 67.1 Å². The second-order valence-corrected chi connectivity index (χ2v) is 19.0. The SMILES string of the molecule is CC(C)C[C@H](NC(=O)[C@H](CO)NC(=O)[C@H](Cc1ccccc1)NC(=O)CN)C(=O)N[C@H](C(=O)N[C@H](C(=O)N[C@@H](Cc1ccc(O)cc1)C(=O)NCC(=O)N[C@H](C(=O)N[C@@H](Cc1cnc[nH]1)C(=O)O)C(C)C)[C@@H](C)O)[C@@H](C)O. The number of H-pyrrole nitrogens is 1. The van der Waals surface area contributed by atoms with Gasteiger partial charge >= 0.3 is 5.97 Å². The van der Waals surface area contributed by atoms with Gasteiger partial charge in [0.15, 0.2) is 0 Å². The summed E-state index contributed by atoms with van der Waals surface area (Å²) in [5, 5.41) is 72.9. The molecule has 0 bridgehead atoms. The first-order valence-electron chi connectivity index (χ1n) is 24.7. The number of phenolic OH excluding ortho intramolecular Hbond substituents is 1. The van der Waals surface area contributed by atoms with E-state index in [1.54, 1.807) is 58.0 Å². The molecule has 0 saturated heterocycles. The molecule has 0 aliphatic carbocycles. The second kappa shape index (κ2) is 31.1. The minimum Gasteiger partial charge on any atom is -0.508 e. The highest BCUT2D eigenvalue weighted by molar-refractivity contribution is 5.98. The molecular formula is C50H72N12O15. The largest absolute Gasteiger partial charge is 0.508 e. The maximum atomic E-state index is 13.9. The molecule has 3 aromatic rings. The van der Waals surface area contributed by atoms with E-state index in [0.717, 1.165) is 13.8 Å². The number of hydrogen-bond donors (Lipinski definition) is 16. The highest BCUT2D eigenvalue weighted by Crippen LogP contribution is 2.13. The molecule has 9 amide bonds. The van der Waals surface area contributed by atoms with Crippen LogP contribution in [0, 0.1) is 11.8 Å². The lowest BCUT2D eigenvalue weighted by atomic mass is 10.0. The number of carbonyl (C=O) groups excluding carboxylic acids is 9. The number of aromatic nitrogens is 2. The number of aliphatic hydroxyl groups excluding tert-OH is 3. The van der Waals surface area contributed by atoms with Gasteiger partial charge in [0.25, 0.3) is 0 Å². The molecule has 27 nitrogen and oxygen atoms in total. The zero-order chi connectivity index (χ0) is 57.5. The van der Waals surface area contributed by atoms with Crippen molar-refractivity contribution >= 4 is 59.1 Å². The van der Waals surface area contributed by atoms with Gasteiger partial charge in [0.1, 0.15) is 54.1 Å². The zero-order valence-corrected chi connectivity index (χ0v) is 43.6. The van der Waals surface area contributed by atoms with Crippen LogP contribution in [-0.4, -0.2) is 175 Å². The van der Waals surface area contributed by atoms with Gasteiger partial charge in [0.05, 0.1) is 38.2 Å². The molecule has 1 aromatic heterocycles. The number of rotatable bonds is 31. The van der Waals surface area contributed by atoms with Crippen LogP contribution in [0.3, 0.4) is 0 Å². The van der Waals surface area contributed by atoms with E-state index in [-0.39, 0.29) is 37.4 Å². The van der Waals surface area contributed by atoms with Gasteiger partial charge in [-0.05, 0) is 55.4 Å². The molecular weight excluding hydrogens is 1010 g/mol. The monoisotopic (exact) mass is 1080 g/mol. The quantitative estimate of drug-likeness (QED) is 0.0289. The van der Waals surface area contributed by atoms with E-state index in [1.165, 1.54) is 36.8 Å². The third-order valence-corrected chi connectivity index (χ3v) is 11.7. The Balaban J connectivity index is 1.76. The Morgan fingerprint density at radius 2 is 1.05 bits per heavy atom. The lowest BCUT2D eigenvalue weighted by molar-refractivity contribution is -0.142. The standard InChI is InChI=1S/C50H72N12O15/c1-25(2)16-33(56-46(72)37(23-63)59-44(70)35(55-38(67)20-51)17-29-10-8-7-9-11-29)45(71)61-42(28(6)65)49(75)62-41(27(5)64)48(74)57-34(18-30-12-14-32(66)15-13-30)43(69)53-22-39(68)60-40(26(3)4)47(73)58-36(50(76)77)19-31-21-52-24-54-31/h7-15,21,24-28,33-37,40-42,63-66H,16-20,22-23,51H2,1-6H3,(H,52,54)(H,53,69)(H,55,67)(H,56,72)(H,57,74)(H,58,73)(H,59,70)(H,60,68)(H,61,71)(H,62,75)(H,76,77)/t27-,28-,33+,34+,35+,36+,37+,40+,41+,42+/m1/s1. The molecule has 77 heavy (non-hydrogen) atoms. The Labute approximate surface area is 444 Å². The molecule has 0 spiro atoms. The first-order chi connectivity index (χ1) is 36.3. The molecule has 17 N–H and O–H groups in total. The average molecular weight is 1080 g/mol. The fourth-order valence-corrected chi connectivity index (χ4v) is 7.53. The van der Waals surface area contributed by atoms with Gasteiger partial charge in [0.2, 0.25) is 53.2 Å². The van der Waals surface area contributed by atoms with Crippen molar-refractivity contribution < 1.29 is 73.5 Å². The Bertz CT molecular complexity index is 2460. The van der Waals surface area contributed by atoms with E-state index in [4.69, 9.17) is 5.73 Å². The summed E-state index contributed by atoms with van der Waals surface area (Å²) < 4.78 is 0. The van der Waals surface area contributed by atoms with Gasteiger partial charge in [-0.3, -0.25) is 43.2 Å². The fourth-order valence-electron chi connectivity index (χ4n) is 7.53. The molecule has 0 unspecified atom stereocenters. The first-order valence-corrected chi connectivity index (χ1v) is 24.7. The van der Waals surface area contributed by atoms with Crippen molar-refractivity contribution in [3.8, 4) is 5.75 Å². The molecule has 0 aliphatic heterocycles. The Morgan fingerprint density at radius 3 is 1.57 bits per heavy atom. The summed E-state index contributed by atoms with van der Waals surface area (Å²) in [4.78, 5) is 140. The average Bonchev–Trinajstić information content (AvgIpc) is 3.89. The third kappa shape index (κ3) is 21.3. The van der Waals surface area contributed by atoms with Crippen LogP contribution in [0.2, 0.25) is 0 Å². The summed E-state index contributed by atoms with van der Waals surface area (Å²) in [5.41, 5.74) is 6.91. The van der Waals surface area contributed by atoms with E-state index >= 15 is 0 Å². The van der Waals surface area contributed by atoms with E-state index < -0.39 is 145 Å². The lowest BCUT2D eigenvalue weighted by Gasteiger charge is -2.29. The normalized spacial score (nSPS) is 15.1. The first kappa shape index (κ1) is 63.3. The van der Waals surface area contributed by atoms with Crippen molar-refractivity contribution in [3.63, 3.8) is 0 Å². The van der Waals surface area contributed by atoms with Crippen molar-refractivity contribution in [1.82, 2.24) is 57.8 Å². The zero-order valence-electron chi connectivity index (χ0n) is 43.6. The van der Waals surface area contributed by atoms with Crippen molar-refractivity contribution in [3.05, 3.63) is 83.9 Å². The van der Waals surface area contributed by atoms with E-state index in [1.807, 2.05) is 0 Å². The minimum absolute atomic E-state index is 0.00807. The van der Waals surface area contributed by atoms with Crippen LogP contribution >= 0.6 is 0 Å². The molecule has 3 rings (SSSR count). The molecule has 0 radical (unpaired) electrons. The van der Waals surface area contributed by atoms with Gasteiger partial charge in [-0.15, -0.1) is 0 Å². The Morgan fingerprint density at radius 1 is 0.558 bits per heavy atom. The maximum absolute atomic E-state index is 13.9. The summed E-state index contributed by atoms with van der Waals surface area (Å²) in [7, 11) is 0. The fraction of sp³-hybridized carbons (Fsp3) is 0.500. The molecule has 0 fully saturated rings. The van der Waals surface area contributed by atoms with Crippen LogP contribution in [0.25, 0.3) is 0 Å². The molecule has 27 heteroatoms. The third-order valence-electron chi connectivity index (χ3n) is 11.7. The number of imidazole rings is 1. The van der Waals surface area contributed by atoms with Crippen LogP contribution < -0.4 is 53.6 Å². The number of phenols is 1. The van der Waals surface area contributed by atoms with Gasteiger partial charge in [-0.1, -0.05) is 70.2 Å². The van der Waals surface area contributed by atoms with Crippen molar-refractivity contribution in [1.29, 1.82) is 0 Å². The summed E-state index contributed by atoms with van der Waals surface area (Å²) in [6.07, 6.45) is -1.14. The molecule has 422 valence electrons. The second-order valence-electron chi connectivity index (χ2n) is 19.0. The highest BCUT2D eigenvalue weighted by Gasteiger charge is 2.37. The van der Waals surface area contributed by atoms with Crippen LogP contribution in [0.5, 0.6) is 5.75 Å². The minimum atomic E-state index is -1.87. The van der Waals surface area contributed by atoms with Crippen molar-refractivity contribution in [2.24, 2.45) is 17.6 Å². The number of carbonyl (C=O) groups is 10. The van der Waals surface area contributed by atoms with Crippen molar-refractivity contribution in [2.75, 3.05) is 19.7 Å². The van der Waals surface area contributed by atoms with E-state index in [0.29, 0.717) is 16.8 Å². The summed E-state index contributed by atoms with van der Waals surface area (Å²) in [6, 6.07) is 1.83. The number of aliphatic carboxylic acids is 1. The molecule has 0 saturated carbocycles. The van der Waals surface area contributed by atoms with Gasteiger partial charge in [-0.25, -0.2) is 9.78 Å². The van der Waals surface area contributed by atoms with Crippen LogP contribution in [0.1, 0.15) is 64.8 Å². The van der Waals surface area contributed by atoms with Gasteiger partial charge in [-0.2, -0.15) is 0 Å². The number of hydrogen-bond acceptors (Lipinski definition) is 16. The maximum Gasteiger partial charge on any atom is 0.326 e. The summed E-state index contributed by atoms with van der Waals surface area (Å²) >= 11 is 0. The van der Waals surface area contributed by atoms with Crippen LogP contribution in [-0.2, 0) is 67.2 Å². The molecule has 1 heterocycles. The highest BCUT2D eigenvalue weighted by atomic mass is 16.4. The van der Waals surface area contributed by atoms with Gasteiger partial charge < -0.3 is 84.1 Å². The topological polar surface area (TPSA) is 435 Å². The number of benzene rings is 2. The number of aromatic amines is 1. The Kier molecular flexibility index (Phi) is 25.6. The number of nitrogens with zero attached hydrogens (tertiary/aromatic N) is 1. The molecule has 2 aromatic carbocycles. The lowest BCUT2D eigenvalue weighted by Crippen LogP contribution is -2.63. The van der Waals surface area contributed by atoms with E-state index in [9.17, 15) is 73.5 Å². The number of nitrogens with one attached hydrogen (secondary N) is 10.